The predicted octanol–water partition coefficient (Wildman–Crippen LogP) is 4.30. The molecule has 1 atom stereocenters. The van der Waals surface area contributed by atoms with Crippen LogP contribution in [0.3, 0.4) is 0 Å². The molecular weight excluding hydrogens is 375 g/mol. The number of nitrogens with one attached hydrogen (secondary N) is 1. The molecule has 26 heavy (non-hydrogen) atoms. The fraction of sp³-hybridized carbons (Fsp3) is 0.579. The van der Waals surface area contributed by atoms with Crippen LogP contribution in [-0.2, 0) is 16.0 Å². The number of carbonyl (C=O) groups excluding carboxylic acids is 2. The average molecular weight is 401 g/mol. The lowest BCUT2D eigenvalue weighted by Crippen LogP contribution is -2.47. The minimum atomic E-state index is -0.539. The summed E-state index contributed by atoms with van der Waals surface area (Å²) in [5, 5.41) is 3.97. The summed E-state index contributed by atoms with van der Waals surface area (Å²) in [5.41, 5.74) is 0.362. The van der Waals surface area contributed by atoms with Crippen LogP contribution in [0.5, 0.6) is 0 Å². The summed E-state index contributed by atoms with van der Waals surface area (Å²) in [6.07, 6.45) is 1.80. The Morgan fingerprint density at radius 2 is 2.04 bits per heavy atom. The maximum absolute atomic E-state index is 12.4. The number of carbonyl (C=O) groups is 2. The van der Waals surface area contributed by atoms with Gasteiger partial charge in [0.1, 0.15) is 5.60 Å². The van der Waals surface area contributed by atoms with Crippen LogP contribution in [0.2, 0.25) is 10.0 Å². The van der Waals surface area contributed by atoms with Gasteiger partial charge in [-0.1, -0.05) is 35.3 Å². The maximum Gasteiger partial charge on any atom is 0.410 e. The minimum absolute atomic E-state index is 0.0450. The lowest BCUT2D eigenvalue weighted by molar-refractivity contribution is -0.126. The van der Waals surface area contributed by atoms with E-state index in [1.165, 1.54) is 0 Å². The Morgan fingerprint density at radius 1 is 1.31 bits per heavy atom. The highest BCUT2D eigenvalue weighted by atomic mass is 35.5. The molecule has 1 aliphatic rings. The molecule has 2 amide bonds. The number of ether oxygens (including phenoxy) is 1. The highest BCUT2D eigenvalue weighted by Gasteiger charge is 2.30. The van der Waals surface area contributed by atoms with Crippen molar-refractivity contribution in [2.75, 3.05) is 19.6 Å². The highest BCUT2D eigenvalue weighted by Crippen LogP contribution is 2.25. The summed E-state index contributed by atoms with van der Waals surface area (Å²) >= 11 is 12.2. The molecule has 1 N–H and O–H groups in total. The molecule has 1 heterocycles. The fourth-order valence-corrected chi connectivity index (χ4v) is 3.30. The SMILES string of the molecule is CC(C)(C)OC(=O)N1CCCC(C(=O)NCCc2cccc(Cl)c2Cl)C1. The summed E-state index contributed by atoms with van der Waals surface area (Å²) in [7, 11) is 0. The zero-order chi connectivity index (χ0) is 19.3. The van der Waals surface area contributed by atoms with Gasteiger partial charge in [-0.3, -0.25) is 4.79 Å². The number of hydrogen-bond donors (Lipinski definition) is 1. The average Bonchev–Trinajstić information content (AvgIpc) is 2.57. The van der Waals surface area contributed by atoms with Crippen LogP contribution in [0.15, 0.2) is 18.2 Å². The van der Waals surface area contributed by atoms with Gasteiger partial charge in [0.25, 0.3) is 0 Å². The summed E-state index contributed by atoms with van der Waals surface area (Å²) in [6.45, 7) is 6.98. The molecule has 7 heteroatoms. The van der Waals surface area contributed by atoms with Gasteiger partial charge < -0.3 is 15.0 Å². The normalized spacial score (nSPS) is 17.7. The lowest BCUT2D eigenvalue weighted by Gasteiger charge is -2.33. The van der Waals surface area contributed by atoms with Crippen molar-refractivity contribution < 1.29 is 14.3 Å². The molecule has 144 valence electrons. The Morgan fingerprint density at radius 3 is 2.73 bits per heavy atom. The van der Waals surface area contributed by atoms with Crippen LogP contribution < -0.4 is 5.32 Å². The van der Waals surface area contributed by atoms with Gasteiger partial charge in [-0.05, 0) is 51.7 Å². The van der Waals surface area contributed by atoms with Crippen molar-refractivity contribution in [3.8, 4) is 0 Å². The molecule has 0 spiro atoms. The van der Waals surface area contributed by atoms with Crippen molar-refractivity contribution in [2.45, 2.75) is 45.6 Å². The molecule has 1 fully saturated rings. The van der Waals surface area contributed by atoms with E-state index in [0.717, 1.165) is 18.4 Å². The molecule has 1 saturated heterocycles. The Kier molecular flexibility index (Phi) is 7.18. The van der Waals surface area contributed by atoms with E-state index in [2.05, 4.69) is 5.32 Å². The maximum atomic E-state index is 12.4. The first-order valence-corrected chi connectivity index (χ1v) is 9.61. The molecule has 5 nitrogen and oxygen atoms in total. The third-order valence-corrected chi connectivity index (χ3v) is 5.03. The molecule has 0 radical (unpaired) electrons. The number of amides is 2. The number of rotatable bonds is 4. The van der Waals surface area contributed by atoms with Crippen molar-refractivity contribution in [3.63, 3.8) is 0 Å². The monoisotopic (exact) mass is 400 g/mol. The van der Waals surface area contributed by atoms with E-state index in [1.54, 1.807) is 11.0 Å². The molecule has 0 aromatic heterocycles. The van der Waals surface area contributed by atoms with Gasteiger partial charge in [-0.15, -0.1) is 0 Å². The molecule has 1 aromatic rings. The number of hydrogen-bond acceptors (Lipinski definition) is 3. The fourth-order valence-electron chi connectivity index (χ4n) is 2.89. The van der Waals surface area contributed by atoms with Crippen LogP contribution in [0.4, 0.5) is 4.79 Å². The first kappa shape index (κ1) is 20.8. The Labute approximate surface area is 165 Å². The van der Waals surface area contributed by atoms with Crippen molar-refractivity contribution in [1.29, 1.82) is 0 Å². The third-order valence-electron chi connectivity index (χ3n) is 4.17. The van der Waals surface area contributed by atoms with Gasteiger partial charge in [0, 0.05) is 19.6 Å². The summed E-state index contributed by atoms with van der Waals surface area (Å²) in [4.78, 5) is 26.3. The van der Waals surface area contributed by atoms with E-state index >= 15 is 0 Å². The zero-order valence-corrected chi connectivity index (χ0v) is 17.0. The molecule has 1 aliphatic heterocycles. The second-order valence-corrected chi connectivity index (χ2v) is 8.30. The van der Waals surface area contributed by atoms with E-state index in [4.69, 9.17) is 27.9 Å². The van der Waals surface area contributed by atoms with Crippen molar-refractivity contribution >= 4 is 35.2 Å². The largest absolute Gasteiger partial charge is 0.444 e. The number of benzene rings is 1. The van der Waals surface area contributed by atoms with Gasteiger partial charge in [-0.25, -0.2) is 4.79 Å². The molecule has 0 aliphatic carbocycles. The summed E-state index contributed by atoms with van der Waals surface area (Å²) in [5.74, 6) is -0.262. The van der Waals surface area contributed by atoms with Crippen LogP contribution in [-0.4, -0.2) is 42.1 Å². The van der Waals surface area contributed by atoms with Crippen molar-refractivity contribution in [3.05, 3.63) is 33.8 Å². The van der Waals surface area contributed by atoms with E-state index in [0.29, 0.717) is 36.1 Å². The molecule has 2 rings (SSSR count). The lowest BCUT2D eigenvalue weighted by atomic mass is 9.97. The molecule has 1 aromatic carbocycles. The Bertz CT molecular complexity index is 659. The first-order valence-electron chi connectivity index (χ1n) is 8.86. The van der Waals surface area contributed by atoms with Crippen LogP contribution in [0, 0.1) is 5.92 Å². The highest BCUT2D eigenvalue weighted by molar-refractivity contribution is 6.42. The summed E-state index contributed by atoms with van der Waals surface area (Å²) < 4.78 is 5.40. The van der Waals surface area contributed by atoms with Gasteiger partial charge in [0.05, 0.1) is 16.0 Å². The predicted molar refractivity (Wildman–Crippen MR) is 104 cm³/mol. The standard InChI is InChI=1S/C19H26Cl2N2O3/c1-19(2,3)26-18(25)23-11-5-7-14(12-23)17(24)22-10-9-13-6-4-8-15(20)16(13)21/h4,6,8,14H,5,7,9-12H2,1-3H3,(H,22,24). The quantitative estimate of drug-likeness (QED) is 0.819. The van der Waals surface area contributed by atoms with Crippen LogP contribution in [0.25, 0.3) is 0 Å². The van der Waals surface area contributed by atoms with Crippen LogP contribution in [0.1, 0.15) is 39.2 Å². The molecule has 0 saturated carbocycles. The van der Waals surface area contributed by atoms with Gasteiger partial charge in [-0.2, -0.15) is 0 Å². The second-order valence-electron chi connectivity index (χ2n) is 7.52. The van der Waals surface area contributed by atoms with Crippen molar-refractivity contribution in [1.82, 2.24) is 10.2 Å². The van der Waals surface area contributed by atoms with E-state index in [9.17, 15) is 9.59 Å². The van der Waals surface area contributed by atoms with E-state index < -0.39 is 5.60 Å². The number of halogens is 2. The van der Waals surface area contributed by atoms with Crippen molar-refractivity contribution in [2.24, 2.45) is 5.92 Å². The second kappa shape index (κ2) is 8.96. The number of piperidine rings is 1. The molecule has 0 bridgehead atoms. The molecular formula is C19H26Cl2N2O3. The number of likely N-dealkylation sites (tertiary alicyclic amines) is 1. The van der Waals surface area contributed by atoms with Crippen LogP contribution >= 0.6 is 23.2 Å². The van der Waals surface area contributed by atoms with E-state index in [-0.39, 0.29) is 17.9 Å². The Hall–Kier alpha value is -1.46. The van der Waals surface area contributed by atoms with Gasteiger partial charge >= 0.3 is 6.09 Å². The van der Waals surface area contributed by atoms with Gasteiger partial charge in [0.15, 0.2) is 0 Å². The third kappa shape index (κ3) is 6.06. The van der Waals surface area contributed by atoms with Gasteiger partial charge in [0.2, 0.25) is 5.91 Å². The molecule has 1 unspecified atom stereocenters. The van der Waals surface area contributed by atoms with E-state index in [1.807, 2.05) is 32.9 Å². The topological polar surface area (TPSA) is 58.6 Å². The Balaban J connectivity index is 1.83. The zero-order valence-electron chi connectivity index (χ0n) is 15.5. The first-order chi connectivity index (χ1) is 12.2. The number of nitrogens with zero attached hydrogens (tertiary/aromatic N) is 1. The smallest absolute Gasteiger partial charge is 0.410 e. The summed E-state index contributed by atoms with van der Waals surface area (Å²) in [6, 6.07) is 5.47. The minimum Gasteiger partial charge on any atom is -0.444 e.